The first-order valence-electron chi connectivity index (χ1n) is 7.06. The summed E-state index contributed by atoms with van der Waals surface area (Å²) in [6.07, 6.45) is -0.0779. The highest BCUT2D eigenvalue weighted by Gasteiger charge is 2.26. The summed E-state index contributed by atoms with van der Waals surface area (Å²) in [4.78, 5) is 11.2. The number of nitrogens with two attached hydrogens (primary N) is 1. The van der Waals surface area contributed by atoms with E-state index in [1.165, 1.54) is 23.5 Å². The van der Waals surface area contributed by atoms with Crippen LogP contribution in [-0.2, 0) is 14.8 Å². The van der Waals surface area contributed by atoms with Crippen LogP contribution in [0.15, 0.2) is 57.9 Å². The van der Waals surface area contributed by atoms with Crippen LogP contribution in [0.4, 0.5) is 5.69 Å². The van der Waals surface area contributed by atoms with E-state index in [2.05, 4.69) is 15.9 Å². The van der Waals surface area contributed by atoms with Gasteiger partial charge in [0.25, 0.3) is 10.0 Å². The highest BCUT2D eigenvalue weighted by Crippen LogP contribution is 2.30. The molecule has 0 aliphatic carbocycles. The van der Waals surface area contributed by atoms with Crippen LogP contribution in [0.1, 0.15) is 6.42 Å². The van der Waals surface area contributed by atoms with Crippen molar-refractivity contribution in [3.63, 3.8) is 0 Å². The maximum absolute atomic E-state index is 13.0. The number of carbonyl (C=O) groups excluding carboxylic acids is 1. The first-order valence-corrected chi connectivity index (χ1v) is 9.29. The van der Waals surface area contributed by atoms with E-state index in [1.54, 1.807) is 36.4 Å². The van der Waals surface area contributed by atoms with Gasteiger partial charge in [-0.25, -0.2) is 8.42 Å². The van der Waals surface area contributed by atoms with Crippen LogP contribution in [0.2, 0.25) is 0 Å². The number of nitrogens with zero attached hydrogens (tertiary/aromatic N) is 1. The molecule has 0 unspecified atom stereocenters. The molecule has 2 aromatic rings. The highest BCUT2D eigenvalue weighted by molar-refractivity contribution is 9.10. The minimum atomic E-state index is -3.86. The largest absolute Gasteiger partial charge is 0.496 e. The van der Waals surface area contributed by atoms with Gasteiger partial charge in [-0.05, 0) is 46.3 Å². The zero-order valence-electron chi connectivity index (χ0n) is 13.0. The number of sulfonamides is 1. The molecule has 2 aromatic carbocycles. The number of hydrogen-bond donors (Lipinski definition) is 1. The Bertz CT molecular complexity index is 825. The summed E-state index contributed by atoms with van der Waals surface area (Å²) in [5.41, 5.74) is 5.64. The van der Waals surface area contributed by atoms with Crippen LogP contribution < -0.4 is 14.8 Å². The predicted molar refractivity (Wildman–Crippen MR) is 95.5 cm³/mol. The summed E-state index contributed by atoms with van der Waals surface area (Å²) >= 11 is 3.29. The van der Waals surface area contributed by atoms with Crippen LogP contribution in [-0.4, -0.2) is 28.0 Å². The number of carbonyl (C=O) groups is 1. The zero-order valence-corrected chi connectivity index (χ0v) is 15.4. The Morgan fingerprint density at radius 1 is 1.21 bits per heavy atom. The SMILES string of the molecule is COc1ccc(S(=O)(=O)N(CCC(N)=O)c2ccccc2)cc1Br. The van der Waals surface area contributed by atoms with Crippen molar-refractivity contribution >= 4 is 37.5 Å². The third kappa shape index (κ3) is 4.07. The van der Waals surface area contributed by atoms with Gasteiger partial charge >= 0.3 is 0 Å². The van der Waals surface area contributed by atoms with Crippen molar-refractivity contribution in [2.24, 2.45) is 5.73 Å². The molecule has 0 saturated carbocycles. The van der Waals surface area contributed by atoms with Crippen LogP contribution in [0.3, 0.4) is 0 Å². The van der Waals surface area contributed by atoms with E-state index in [0.717, 1.165) is 0 Å². The number of halogens is 1. The second-order valence-electron chi connectivity index (χ2n) is 4.93. The number of para-hydroxylation sites is 1. The standard InChI is InChI=1S/C16H17BrN2O4S/c1-23-15-8-7-13(11-14(15)17)24(21,22)19(10-9-16(18)20)12-5-3-2-4-6-12/h2-8,11H,9-10H2,1H3,(H2,18,20). The molecule has 0 aliphatic rings. The first-order chi connectivity index (χ1) is 11.4. The predicted octanol–water partition coefficient (Wildman–Crippen LogP) is 2.53. The average Bonchev–Trinajstić information content (AvgIpc) is 2.55. The molecule has 6 nitrogen and oxygen atoms in total. The van der Waals surface area contributed by atoms with E-state index in [-0.39, 0.29) is 17.9 Å². The molecular formula is C16H17BrN2O4S. The summed E-state index contributed by atoms with van der Waals surface area (Å²) < 4.78 is 32.8. The molecule has 2 N–H and O–H groups in total. The summed E-state index contributed by atoms with van der Waals surface area (Å²) in [6, 6.07) is 13.1. The molecule has 1 amide bonds. The van der Waals surface area contributed by atoms with Crippen LogP contribution in [0.5, 0.6) is 5.75 Å². The van der Waals surface area contributed by atoms with E-state index in [9.17, 15) is 13.2 Å². The Morgan fingerprint density at radius 2 is 1.88 bits per heavy atom. The molecule has 24 heavy (non-hydrogen) atoms. The van der Waals surface area contributed by atoms with E-state index in [0.29, 0.717) is 15.9 Å². The number of primary amides is 1. The van der Waals surface area contributed by atoms with Crippen LogP contribution >= 0.6 is 15.9 Å². The quantitative estimate of drug-likeness (QED) is 0.756. The van der Waals surface area contributed by atoms with Crippen molar-refractivity contribution in [1.82, 2.24) is 0 Å². The Hall–Kier alpha value is -2.06. The Kier molecular flexibility index (Phi) is 5.84. The Morgan fingerprint density at radius 3 is 2.42 bits per heavy atom. The lowest BCUT2D eigenvalue weighted by atomic mass is 10.3. The second-order valence-corrected chi connectivity index (χ2v) is 7.64. The van der Waals surface area contributed by atoms with Gasteiger partial charge < -0.3 is 10.5 Å². The fourth-order valence-corrected chi connectivity index (χ4v) is 4.31. The number of rotatable bonds is 7. The molecule has 0 aromatic heterocycles. The number of benzene rings is 2. The van der Waals surface area contributed by atoms with Gasteiger partial charge in [-0.1, -0.05) is 18.2 Å². The van der Waals surface area contributed by atoms with Crippen molar-refractivity contribution < 1.29 is 17.9 Å². The maximum Gasteiger partial charge on any atom is 0.264 e. The smallest absolute Gasteiger partial charge is 0.264 e. The Labute approximate surface area is 149 Å². The number of ether oxygens (including phenoxy) is 1. The lowest BCUT2D eigenvalue weighted by molar-refractivity contribution is -0.117. The van der Waals surface area contributed by atoms with E-state index < -0.39 is 15.9 Å². The lowest BCUT2D eigenvalue weighted by Gasteiger charge is -2.24. The van der Waals surface area contributed by atoms with Crippen molar-refractivity contribution in [2.75, 3.05) is 18.0 Å². The zero-order chi connectivity index (χ0) is 17.7. The molecule has 0 bridgehead atoms. The lowest BCUT2D eigenvalue weighted by Crippen LogP contribution is -2.34. The molecule has 0 heterocycles. The minimum Gasteiger partial charge on any atom is -0.496 e. The normalized spacial score (nSPS) is 11.1. The fraction of sp³-hybridized carbons (Fsp3) is 0.188. The summed E-state index contributed by atoms with van der Waals surface area (Å²) in [5, 5.41) is 0. The van der Waals surface area contributed by atoms with Gasteiger partial charge in [-0.2, -0.15) is 0 Å². The molecule has 2 rings (SSSR count). The third-order valence-electron chi connectivity index (χ3n) is 3.32. The number of anilines is 1. The van der Waals surface area contributed by atoms with Crippen molar-refractivity contribution in [3.05, 3.63) is 53.0 Å². The van der Waals surface area contributed by atoms with Crippen molar-refractivity contribution in [1.29, 1.82) is 0 Å². The van der Waals surface area contributed by atoms with Gasteiger partial charge in [0, 0.05) is 13.0 Å². The topological polar surface area (TPSA) is 89.7 Å². The van der Waals surface area contributed by atoms with E-state index in [4.69, 9.17) is 10.5 Å². The van der Waals surface area contributed by atoms with Gasteiger partial charge in [0.05, 0.1) is 22.2 Å². The van der Waals surface area contributed by atoms with Gasteiger partial charge in [-0.3, -0.25) is 9.10 Å². The van der Waals surface area contributed by atoms with Crippen LogP contribution in [0.25, 0.3) is 0 Å². The third-order valence-corrected chi connectivity index (χ3v) is 5.76. The highest BCUT2D eigenvalue weighted by atomic mass is 79.9. The molecule has 0 atom stereocenters. The number of amides is 1. The van der Waals surface area contributed by atoms with Gasteiger partial charge in [0.2, 0.25) is 5.91 Å². The van der Waals surface area contributed by atoms with Crippen molar-refractivity contribution in [3.8, 4) is 5.75 Å². The summed E-state index contributed by atoms with van der Waals surface area (Å²) in [7, 11) is -2.36. The molecule has 8 heteroatoms. The molecule has 0 fully saturated rings. The van der Waals surface area contributed by atoms with E-state index >= 15 is 0 Å². The first kappa shape index (κ1) is 18.3. The van der Waals surface area contributed by atoms with Gasteiger partial charge in [-0.15, -0.1) is 0 Å². The molecule has 0 radical (unpaired) electrons. The average molecular weight is 413 g/mol. The molecule has 0 aliphatic heterocycles. The summed E-state index contributed by atoms with van der Waals surface area (Å²) in [6.45, 7) is -0.0364. The fourth-order valence-electron chi connectivity index (χ4n) is 2.13. The molecular weight excluding hydrogens is 396 g/mol. The summed E-state index contributed by atoms with van der Waals surface area (Å²) in [5.74, 6) is -0.0422. The van der Waals surface area contributed by atoms with Crippen molar-refractivity contribution in [2.45, 2.75) is 11.3 Å². The van der Waals surface area contributed by atoms with Gasteiger partial charge in [0.15, 0.2) is 0 Å². The maximum atomic E-state index is 13.0. The second kappa shape index (κ2) is 7.67. The van der Waals surface area contributed by atoms with Crippen LogP contribution in [0, 0.1) is 0 Å². The molecule has 0 spiro atoms. The van der Waals surface area contributed by atoms with E-state index in [1.807, 2.05) is 0 Å². The molecule has 0 saturated heterocycles. The Balaban J connectivity index is 2.47. The number of hydrogen-bond acceptors (Lipinski definition) is 4. The monoisotopic (exact) mass is 412 g/mol. The minimum absolute atomic E-state index is 0.0364. The molecule has 128 valence electrons. The van der Waals surface area contributed by atoms with Gasteiger partial charge in [0.1, 0.15) is 5.75 Å². The number of methoxy groups -OCH3 is 1.